The van der Waals surface area contributed by atoms with Gasteiger partial charge in [0.1, 0.15) is 5.75 Å². The number of hydrogen-bond donors (Lipinski definition) is 2. The van der Waals surface area contributed by atoms with Crippen molar-refractivity contribution in [2.24, 2.45) is 0 Å². The summed E-state index contributed by atoms with van der Waals surface area (Å²) in [5.41, 5.74) is 2.82. The second-order valence-corrected chi connectivity index (χ2v) is 7.50. The molecule has 3 aromatic rings. The maximum Gasteiger partial charge on any atom is 0.337 e. The summed E-state index contributed by atoms with van der Waals surface area (Å²) < 4.78 is 5.47. The summed E-state index contributed by atoms with van der Waals surface area (Å²) in [5.74, 6) is -0.478. The van der Waals surface area contributed by atoms with E-state index in [1.54, 1.807) is 43.5 Å². The summed E-state index contributed by atoms with van der Waals surface area (Å²) in [7, 11) is 1.66. The van der Waals surface area contributed by atoms with Crippen LogP contribution in [-0.4, -0.2) is 50.3 Å². The molecule has 1 saturated heterocycles. The molecule has 7 nitrogen and oxygen atoms in total. The first-order valence-corrected chi connectivity index (χ1v) is 10.4. The smallest absolute Gasteiger partial charge is 0.337 e. The summed E-state index contributed by atoms with van der Waals surface area (Å²) >= 11 is 0. The lowest BCUT2D eigenvalue weighted by molar-refractivity contribution is 0.0697. The fourth-order valence-corrected chi connectivity index (χ4v) is 3.93. The molecule has 7 heteroatoms. The number of carboxylic acids is 1. The van der Waals surface area contributed by atoms with E-state index in [1.807, 2.05) is 30.3 Å². The Morgan fingerprint density at radius 3 is 2.12 bits per heavy atom. The summed E-state index contributed by atoms with van der Waals surface area (Å²) in [5, 5.41) is 12.6. The number of nitrogens with one attached hydrogen (secondary N) is 1. The number of benzene rings is 3. The molecule has 0 unspecified atom stereocenters. The number of para-hydroxylation sites is 2. The van der Waals surface area contributed by atoms with E-state index in [-0.39, 0.29) is 11.5 Å². The van der Waals surface area contributed by atoms with Gasteiger partial charge in [-0.2, -0.15) is 0 Å². The highest BCUT2D eigenvalue weighted by Gasteiger charge is 2.23. The molecule has 4 rings (SSSR count). The van der Waals surface area contributed by atoms with Crippen LogP contribution in [0.15, 0.2) is 72.8 Å². The Morgan fingerprint density at radius 2 is 1.47 bits per heavy atom. The number of rotatable bonds is 6. The highest BCUT2D eigenvalue weighted by atomic mass is 16.5. The number of aromatic carboxylic acids is 1. The number of methoxy groups -OCH3 is 1. The molecule has 1 fully saturated rings. The molecule has 1 aliphatic rings. The van der Waals surface area contributed by atoms with Crippen LogP contribution in [0.2, 0.25) is 0 Å². The van der Waals surface area contributed by atoms with Gasteiger partial charge in [0.15, 0.2) is 0 Å². The molecule has 32 heavy (non-hydrogen) atoms. The van der Waals surface area contributed by atoms with Gasteiger partial charge in [-0.25, -0.2) is 4.79 Å². The van der Waals surface area contributed by atoms with Crippen LogP contribution >= 0.6 is 0 Å². The van der Waals surface area contributed by atoms with Gasteiger partial charge in [-0.1, -0.05) is 30.3 Å². The molecule has 0 aliphatic carbocycles. The zero-order valence-electron chi connectivity index (χ0n) is 17.8. The predicted octanol–water partition coefficient (Wildman–Crippen LogP) is 3.97. The number of amides is 1. The summed E-state index contributed by atoms with van der Waals surface area (Å²) in [6.45, 7) is 2.83. The first-order chi connectivity index (χ1) is 15.6. The zero-order chi connectivity index (χ0) is 22.5. The second-order valence-electron chi connectivity index (χ2n) is 7.50. The molecule has 0 radical (unpaired) electrons. The third-order valence-corrected chi connectivity index (χ3v) is 5.57. The number of carbonyl (C=O) groups excluding carboxylic acids is 1. The molecule has 0 atom stereocenters. The van der Waals surface area contributed by atoms with E-state index in [1.165, 1.54) is 6.07 Å². The van der Waals surface area contributed by atoms with Crippen LogP contribution in [-0.2, 0) is 0 Å². The van der Waals surface area contributed by atoms with Gasteiger partial charge in [-0.3, -0.25) is 4.79 Å². The van der Waals surface area contributed by atoms with Gasteiger partial charge in [-0.15, -0.1) is 0 Å². The Balaban J connectivity index is 1.49. The molecule has 0 aromatic heterocycles. The fourth-order valence-electron chi connectivity index (χ4n) is 3.93. The first-order valence-electron chi connectivity index (χ1n) is 10.4. The minimum absolute atomic E-state index is 0.168. The first kappa shape index (κ1) is 21.2. The quantitative estimate of drug-likeness (QED) is 0.615. The van der Waals surface area contributed by atoms with Crippen LogP contribution in [0.25, 0.3) is 0 Å². The SMILES string of the molecule is COc1ccccc1N1CCN(c2ccc(NC(=O)c3ccccc3)cc2C(=O)O)CC1. The standard InChI is InChI=1S/C25H25N3O4/c1-32-23-10-6-5-9-22(23)28-15-13-27(14-16-28)21-12-11-19(17-20(21)25(30)31)26-24(29)18-7-3-2-4-8-18/h2-12,17H,13-16H2,1H3,(H,26,29)(H,30,31). The third-order valence-electron chi connectivity index (χ3n) is 5.57. The van der Waals surface area contributed by atoms with Crippen molar-refractivity contribution in [1.29, 1.82) is 0 Å². The monoisotopic (exact) mass is 431 g/mol. The molecule has 1 amide bonds. The molecule has 1 aliphatic heterocycles. The van der Waals surface area contributed by atoms with Crippen LogP contribution in [0.4, 0.5) is 17.1 Å². The Morgan fingerprint density at radius 1 is 0.844 bits per heavy atom. The minimum Gasteiger partial charge on any atom is -0.495 e. The van der Waals surface area contributed by atoms with E-state index in [0.717, 1.165) is 24.5 Å². The van der Waals surface area contributed by atoms with Gasteiger partial charge in [0.2, 0.25) is 0 Å². The zero-order valence-corrected chi connectivity index (χ0v) is 17.8. The van der Waals surface area contributed by atoms with Crippen molar-refractivity contribution in [3.63, 3.8) is 0 Å². The fraction of sp³-hybridized carbons (Fsp3) is 0.200. The highest BCUT2D eigenvalue weighted by molar-refractivity contribution is 6.05. The van der Waals surface area contributed by atoms with Gasteiger partial charge in [-0.05, 0) is 42.5 Å². The topological polar surface area (TPSA) is 82.1 Å². The van der Waals surface area contributed by atoms with Crippen molar-refractivity contribution in [1.82, 2.24) is 0 Å². The van der Waals surface area contributed by atoms with E-state index in [2.05, 4.69) is 15.1 Å². The summed E-state index contributed by atoms with van der Waals surface area (Å²) in [4.78, 5) is 28.7. The van der Waals surface area contributed by atoms with E-state index in [9.17, 15) is 14.7 Å². The maximum absolute atomic E-state index is 12.4. The Hall–Kier alpha value is -4.00. The lowest BCUT2D eigenvalue weighted by Gasteiger charge is -2.38. The number of piperazine rings is 1. The van der Waals surface area contributed by atoms with Crippen LogP contribution in [0.5, 0.6) is 5.75 Å². The van der Waals surface area contributed by atoms with Crippen molar-refractivity contribution >= 4 is 28.9 Å². The van der Waals surface area contributed by atoms with Gasteiger partial charge in [0.05, 0.1) is 24.0 Å². The summed E-state index contributed by atoms with van der Waals surface area (Å²) in [6.07, 6.45) is 0. The van der Waals surface area contributed by atoms with Crippen LogP contribution in [0.1, 0.15) is 20.7 Å². The second kappa shape index (κ2) is 9.43. The molecule has 164 valence electrons. The van der Waals surface area contributed by atoms with Gasteiger partial charge in [0, 0.05) is 37.4 Å². The lowest BCUT2D eigenvalue weighted by Crippen LogP contribution is -2.47. The Labute approximate surface area is 186 Å². The van der Waals surface area contributed by atoms with Crippen LogP contribution < -0.4 is 19.9 Å². The van der Waals surface area contributed by atoms with Crippen molar-refractivity contribution in [3.05, 3.63) is 83.9 Å². The lowest BCUT2D eigenvalue weighted by atomic mass is 10.1. The number of anilines is 3. The molecule has 0 spiro atoms. The summed E-state index contributed by atoms with van der Waals surface area (Å²) in [6, 6.07) is 21.7. The molecule has 0 saturated carbocycles. The van der Waals surface area contributed by atoms with Crippen molar-refractivity contribution < 1.29 is 19.4 Å². The Kier molecular flexibility index (Phi) is 6.26. The molecule has 3 aromatic carbocycles. The average Bonchev–Trinajstić information content (AvgIpc) is 2.84. The highest BCUT2D eigenvalue weighted by Crippen LogP contribution is 2.31. The molecular weight excluding hydrogens is 406 g/mol. The number of ether oxygens (including phenoxy) is 1. The van der Waals surface area contributed by atoms with Gasteiger partial charge in [0.25, 0.3) is 5.91 Å². The average molecular weight is 431 g/mol. The normalized spacial score (nSPS) is 13.5. The van der Waals surface area contributed by atoms with Crippen molar-refractivity contribution in [2.75, 3.05) is 48.4 Å². The minimum atomic E-state index is -1.03. The largest absolute Gasteiger partial charge is 0.495 e. The van der Waals surface area contributed by atoms with Crippen molar-refractivity contribution in [2.45, 2.75) is 0 Å². The number of nitrogens with zero attached hydrogens (tertiary/aromatic N) is 2. The Bertz CT molecular complexity index is 1110. The molecule has 1 heterocycles. The maximum atomic E-state index is 12.4. The predicted molar refractivity (Wildman–Crippen MR) is 125 cm³/mol. The molecule has 2 N–H and O–H groups in total. The molecule has 0 bridgehead atoms. The van der Waals surface area contributed by atoms with Crippen LogP contribution in [0.3, 0.4) is 0 Å². The number of carboxylic acid groups (broad SMARTS) is 1. The van der Waals surface area contributed by atoms with Crippen LogP contribution in [0, 0.1) is 0 Å². The van der Waals surface area contributed by atoms with E-state index < -0.39 is 5.97 Å². The number of hydrogen-bond acceptors (Lipinski definition) is 5. The van der Waals surface area contributed by atoms with Gasteiger partial charge < -0.3 is 25.0 Å². The molecular formula is C25H25N3O4. The van der Waals surface area contributed by atoms with Gasteiger partial charge >= 0.3 is 5.97 Å². The third kappa shape index (κ3) is 4.51. The number of carbonyl (C=O) groups is 2. The van der Waals surface area contributed by atoms with E-state index >= 15 is 0 Å². The van der Waals surface area contributed by atoms with E-state index in [4.69, 9.17) is 4.74 Å². The van der Waals surface area contributed by atoms with Crippen molar-refractivity contribution in [3.8, 4) is 5.75 Å². The van der Waals surface area contributed by atoms with E-state index in [0.29, 0.717) is 30.0 Å².